The highest BCUT2D eigenvalue weighted by atomic mass is 16.5. The third kappa shape index (κ3) is 1.76. The molecule has 8 nitrogen and oxygen atoms in total. The summed E-state index contributed by atoms with van der Waals surface area (Å²) < 4.78 is 8.22. The Balaban J connectivity index is 2.04. The summed E-state index contributed by atoms with van der Waals surface area (Å²) in [4.78, 5) is 11.6. The van der Waals surface area contributed by atoms with Crippen molar-refractivity contribution in [1.29, 1.82) is 0 Å². The van der Waals surface area contributed by atoms with Crippen LogP contribution in [0.3, 0.4) is 0 Å². The summed E-state index contributed by atoms with van der Waals surface area (Å²) in [5, 5.41) is 15.3. The van der Waals surface area contributed by atoms with Crippen molar-refractivity contribution >= 4 is 11.8 Å². The van der Waals surface area contributed by atoms with E-state index in [1.165, 1.54) is 7.11 Å². The number of esters is 1. The van der Waals surface area contributed by atoms with E-state index in [1.807, 2.05) is 13.1 Å². The van der Waals surface area contributed by atoms with Gasteiger partial charge in [-0.15, -0.1) is 5.10 Å². The minimum absolute atomic E-state index is 0.0228. The SMILES string of the molecule is COC(=O)c1nnn2c1NCCC2c1ccnn1C. The lowest BCUT2D eigenvalue weighted by atomic mass is 10.1. The van der Waals surface area contributed by atoms with Gasteiger partial charge in [-0.1, -0.05) is 5.21 Å². The molecule has 8 heteroatoms. The van der Waals surface area contributed by atoms with E-state index in [4.69, 9.17) is 4.74 Å². The van der Waals surface area contributed by atoms with Crippen LogP contribution < -0.4 is 5.32 Å². The Morgan fingerprint density at radius 2 is 2.42 bits per heavy atom. The highest BCUT2D eigenvalue weighted by Gasteiger charge is 2.30. The van der Waals surface area contributed by atoms with E-state index < -0.39 is 5.97 Å². The zero-order chi connectivity index (χ0) is 13.4. The Labute approximate surface area is 109 Å². The second-order valence-electron chi connectivity index (χ2n) is 4.33. The van der Waals surface area contributed by atoms with Crippen molar-refractivity contribution in [2.75, 3.05) is 19.0 Å². The van der Waals surface area contributed by atoms with Crippen LogP contribution in [0.2, 0.25) is 0 Å². The summed E-state index contributed by atoms with van der Waals surface area (Å²) in [6.45, 7) is 0.743. The van der Waals surface area contributed by atoms with Gasteiger partial charge in [0.2, 0.25) is 5.69 Å². The predicted molar refractivity (Wildman–Crippen MR) is 65.8 cm³/mol. The number of nitrogens with zero attached hydrogens (tertiary/aromatic N) is 5. The van der Waals surface area contributed by atoms with Crippen LogP contribution in [-0.2, 0) is 11.8 Å². The maximum atomic E-state index is 11.6. The van der Waals surface area contributed by atoms with E-state index >= 15 is 0 Å². The number of aromatic nitrogens is 5. The van der Waals surface area contributed by atoms with Crippen LogP contribution in [0.25, 0.3) is 0 Å². The second-order valence-corrected chi connectivity index (χ2v) is 4.33. The van der Waals surface area contributed by atoms with Gasteiger partial charge in [0.15, 0.2) is 5.82 Å². The Morgan fingerprint density at radius 1 is 1.58 bits per heavy atom. The van der Waals surface area contributed by atoms with Crippen LogP contribution in [0.15, 0.2) is 12.3 Å². The average molecular weight is 262 g/mol. The summed E-state index contributed by atoms with van der Waals surface area (Å²) in [6.07, 6.45) is 2.60. The summed E-state index contributed by atoms with van der Waals surface area (Å²) >= 11 is 0. The predicted octanol–water partition coefficient (Wildman–Crippen LogP) is 0.203. The van der Waals surface area contributed by atoms with E-state index in [2.05, 4.69) is 20.7 Å². The van der Waals surface area contributed by atoms with E-state index in [1.54, 1.807) is 15.6 Å². The van der Waals surface area contributed by atoms with Crippen LogP contribution in [0.4, 0.5) is 5.82 Å². The largest absolute Gasteiger partial charge is 0.464 e. The number of rotatable bonds is 2. The quantitative estimate of drug-likeness (QED) is 0.778. The van der Waals surface area contributed by atoms with Gasteiger partial charge in [-0.2, -0.15) is 5.10 Å². The third-order valence-corrected chi connectivity index (χ3v) is 3.28. The minimum atomic E-state index is -0.487. The average Bonchev–Trinajstić information content (AvgIpc) is 3.03. The van der Waals surface area contributed by atoms with Gasteiger partial charge in [0.1, 0.15) is 0 Å². The molecule has 1 N–H and O–H groups in total. The molecule has 0 aromatic carbocycles. The molecule has 0 amide bonds. The number of nitrogens with one attached hydrogen (secondary N) is 1. The Hall–Kier alpha value is -2.38. The molecule has 100 valence electrons. The fourth-order valence-electron chi connectivity index (χ4n) is 2.34. The molecular weight excluding hydrogens is 248 g/mol. The molecule has 0 spiro atoms. The van der Waals surface area contributed by atoms with Crippen molar-refractivity contribution in [3.8, 4) is 0 Å². The Bertz CT molecular complexity index is 616. The zero-order valence-electron chi connectivity index (χ0n) is 10.7. The number of hydrogen-bond acceptors (Lipinski definition) is 6. The highest BCUT2D eigenvalue weighted by Crippen LogP contribution is 2.29. The lowest BCUT2D eigenvalue weighted by Gasteiger charge is -2.25. The van der Waals surface area contributed by atoms with Gasteiger partial charge in [-0.05, 0) is 12.5 Å². The minimum Gasteiger partial charge on any atom is -0.464 e. The highest BCUT2D eigenvalue weighted by molar-refractivity contribution is 5.92. The second kappa shape index (κ2) is 4.38. The molecule has 1 aliphatic rings. The summed E-state index contributed by atoms with van der Waals surface area (Å²) in [5.41, 5.74) is 1.25. The molecular formula is C11H14N6O2. The normalized spacial score (nSPS) is 17.7. The van der Waals surface area contributed by atoms with Crippen LogP contribution in [0.1, 0.15) is 28.6 Å². The molecule has 19 heavy (non-hydrogen) atoms. The maximum absolute atomic E-state index is 11.6. The van der Waals surface area contributed by atoms with Crippen molar-refractivity contribution in [2.45, 2.75) is 12.5 Å². The Kier molecular flexibility index (Phi) is 2.69. The first-order valence-corrected chi connectivity index (χ1v) is 5.97. The first-order chi connectivity index (χ1) is 9.22. The van der Waals surface area contributed by atoms with Gasteiger partial charge in [-0.25, -0.2) is 9.48 Å². The lowest BCUT2D eigenvalue weighted by Crippen LogP contribution is -2.26. The van der Waals surface area contributed by atoms with Gasteiger partial charge in [0.25, 0.3) is 0 Å². The number of methoxy groups -OCH3 is 1. The number of carbonyl (C=O) groups excluding carboxylic acids is 1. The molecule has 0 aliphatic carbocycles. The third-order valence-electron chi connectivity index (χ3n) is 3.28. The van der Waals surface area contributed by atoms with E-state index in [9.17, 15) is 4.79 Å². The van der Waals surface area contributed by atoms with Crippen LogP contribution in [0, 0.1) is 0 Å². The van der Waals surface area contributed by atoms with Gasteiger partial charge < -0.3 is 10.1 Å². The van der Waals surface area contributed by atoms with Gasteiger partial charge in [-0.3, -0.25) is 4.68 Å². The van der Waals surface area contributed by atoms with Gasteiger partial charge in [0.05, 0.1) is 18.8 Å². The summed E-state index contributed by atoms with van der Waals surface area (Å²) in [6, 6.07) is 1.97. The zero-order valence-corrected chi connectivity index (χ0v) is 10.7. The van der Waals surface area contributed by atoms with Crippen LogP contribution in [-0.4, -0.2) is 44.4 Å². The van der Waals surface area contributed by atoms with Crippen molar-refractivity contribution < 1.29 is 9.53 Å². The number of anilines is 1. The van der Waals surface area contributed by atoms with Gasteiger partial charge >= 0.3 is 5.97 Å². The molecule has 0 bridgehead atoms. The molecule has 3 rings (SSSR count). The molecule has 0 saturated heterocycles. The fourth-order valence-corrected chi connectivity index (χ4v) is 2.34. The van der Waals surface area contributed by atoms with Gasteiger partial charge in [0, 0.05) is 19.8 Å². The smallest absolute Gasteiger partial charge is 0.362 e. The van der Waals surface area contributed by atoms with Crippen LogP contribution in [0.5, 0.6) is 0 Å². The standard InChI is InChI=1S/C11H14N6O2/c1-16-7(4-6-13-16)8-3-5-12-10-9(11(18)19-2)14-15-17(8)10/h4,6,8,12H,3,5H2,1-2H3. The van der Waals surface area contributed by atoms with E-state index in [-0.39, 0.29) is 11.7 Å². The molecule has 0 saturated carbocycles. The molecule has 2 aromatic heterocycles. The molecule has 1 aliphatic heterocycles. The summed E-state index contributed by atoms with van der Waals surface area (Å²) in [5.74, 6) is 0.115. The first kappa shape index (κ1) is 11.7. The summed E-state index contributed by atoms with van der Waals surface area (Å²) in [7, 11) is 3.21. The van der Waals surface area contributed by atoms with E-state index in [0.717, 1.165) is 18.7 Å². The molecule has 2 aromatic rings. The van der Waals surface area contributed by atoms with Crippen LogP contribution >= 0.6 is 0 Å². The number of fused-ring (bicyclic) bond motifs is 1. The number of carbonyl (C=O) groups is 1. The maximum Gasteiger partial charge on any atom is 0.362 e. The molecule has 3 heterocycles. The van der Waals surface area contributed by atoms with Crippen molar-refractivity contribution in [1.82, 2.24) is 24.8 Å². The topological polar surface area (TPSA) is 86.9 Å². The number of hydrogen-bond donors (Lipinski definition) is 1. The number of ether oxygens (including phenoxy) is 1. The number of aryl methyl sites for hydroxylation is 1. The fraction of sp³-hybridized carbons (Fsp3) is 0.455. The van der Waals surface area contributed by atoms with E-state index in [0.29, 0.717) is 5.82 Å². The Morgan fingerprint density at radius 3 is 3.11 bits per heavy atom. The lowest BCUT2D eigenvalue weighted by molar-refractivity contribution is 0.0595. The van der Waals surface area contributed by atoms with Crippen molar-refractivity contribution in [2.24, 2.45) is 7.05 Å². The molecule has 0 radical (unpaired) electrons. The molecule has 0 fully saturated rings. The first-order valence-electron chi connectivity index (χ1n) is 5.97. The van der Waals surface area contributed by atoms with Crippen molar-refractivity contribution in [3.63, 3.8) is 0 Å². The molecule has 1 unspecified atom stereocenters. The molecule has 1 atom stereocenters. The van der Waals surface area contributed by atoms with Crippen molar-refractivity contribution in [3.05, 3.63) is 23.7 Å². The monoisotopic (exact) mass is 262 g/mol.